The third-order valence-electron chi connectivity index (χ3n) is 15.4. The van der Waals surface area contributed by atoms with Gasteiger partial charge in [0.1, 0.15) is 11.5 Å². The van der Waals surface area contributed by atoms with Gasteiger partial charge in [0.15, 0.2) is 0 Å². The second kappa shape index (κ2) is 22.1. The lowest BCUT2D eigenvalue weighted by Crippen LogP contribution is -2.09. The fourth-order valence-corrected chi connectivity index (χ4v) is 11.7. The third kappa shape index (κ3) is 9.18. The SMILES string of the molecule is COc1ccc(-n2c(C(=O)c3ccccc3)cc3c(-c4ccccc4)c(-c4ccccc4)c4ccccc4c32)cc1.COc1ccc(-n2c(C(=O)c3ccccc3)cc3c(-c4ccccc4)c(-c4ccccc4)c4ccccc4c32)cc1. The number of carbonyl (C=O) groups excluding carboxylic acids is 2. The third-order valence-corrected chi connectivity index (χ3v) is 15.4. The minimum absolute atomic E-state index is 0.0260. The van der Waals surface area contributed by atoms with E-state index in [0.29, 0.717) is 22.5 Å². The zero-order valence-electron chi connectivity index (χ0n) is 45.2. The van der Waals surface area contributed by atoms with E-state index in [4.69, 9.17) is 9.47 Å². The smallest absolute Gasteiger partial charge is 0.209 e. The molecule has 0 aliphatic heterocycles. The van der Waals surface area contributed by atoms with Crippen LogP contribution in [0.15, 0.2) is 291 Å². The first kappa shape index (κ1) is 50.7. The maximum Gasteiger partial charge on any atom is 0.209 e. The van der Waals surface area contributed by atoms with E-state index >= 15 is 0 Å². The van der Waals surface area contributed by atoms with E-state index in [1.165, 1.54) is 0 Å². The summed E-state index contributed by atoms with van der Waals surface area (Å²) in [5.41, 5.74) is 15.4. The standard InChI is InChI=1S/2C38H27NO2/c2*1-41-30-23-21-29(22-24-30)39-34(38(40)28-17-9-4-10-18-28)25-33-36(27-15-7-3-8-16-27)35(26-13-5-2-6-14-26)31-19-11-12-20-32(31)37(33)39/h2*2-25H,1H3. The highest BCUT2D eigenvalue weighted by atomic mass is 16.5. The van der Waals surface area contributed by atoms with Gasteiger partial charge in [0.05, 0.1) is 36.6 Å². The topological polar surface area (TPSA) is 62.5 Å². The summed E-state index contributed by atoms with van der Waals surface area (Å²) in [6.45, 7) is 0. The lowest BCUT2D eigenvalue weighted by Gasteiger charge is -2.18. The first-order valence-corrected chi connectivity index (χ1v) is 27.4. The van der Waals surface area contributed by atoms with Gasteiger partial charge in [-0.05, 0) is 116 Å². The molecule has 0 radical (unpaired) electrons. The molecule has 0 bridgehead atoms. The van der Waals surface area contributed by atoms with Crippen molar-refractivity contribution >= 4 is 54.9 Å². The highest BCUT2D eigenvalue weighted by Gasteiger charge is 2.28. The highest BCUT2D eigenvalue weighted by molar-refractivity contribution is 6.25. The molecular weight excluding hydrogens is 1000 g/mol. The largest absolute Gasteiger partial charge is 0.497 e. The fourth-order valence-electron chi connectivity index (χ4n) is 11.7. The van der Waals surface area contributed by atoms with Crippen LogP contribution in [-0.2, 0) is 0 Å². The van der Waals surface area contributed by atoms with Crippen molar-refractivity contribution in [2.45, 2.75) is 0 Å². The van der Waals surface area contributed by atoms with Crippen molar-refractivity contribution in [3.63, 3.8) is 0 Å². The van der Waals surface area contributed by atoms with Crippen LogP contribution in [0.5, 0.6) is 11.5 Å². The Balaban J connectivity index is 0.000000154. The normalized spacial score (nSPS) is 11.1. The molecule has 14 aromatic rings. The average Bonchev–Trinajstić information content (AvgIpc) is 2.21. The molecule has 12 aromatic carbocycles. The van der Waals surface area contributed by atoms with E-state index in [-0.39, 0.29) is 11.6 Å². The summed E-state index contributed by atoms with van der Waals surface area (Å²) in [6, 6.07) is 98.1. The van der Waals surface area contributed by atoms with Crippen LogP contribution in [0.3, 0.4) is 0 Å². The maximum atomic E-state index is 14.2. The van der Waals surface area contributed by atoms with Gasteiger partial charge in [-0.2, -0.15) is 0 Å². The van der Waals surface area contributed by atoms with Gasteiger partial charge in [0, 0.05) is 44.0 Å². The molecule has 6 nitrogen and oxygen atoms in total. The predicted octanol–water partition coefficient (Wildman–Crippen LogP) is 18.7. The summed E-state index contributed by atoms with van der Waals surface area (Å²) in [6.07, 6.45) is 0. The number of carbonyl (C=O) groups is 2. The molecule has 392 valence electrons. The van der Waals surface area contributed by atoms with Crippen molar-refractivity contribution in [3.05, 3.63) is 314 Å². The van der Waals surface area contributed by atoms with E-state index in [1.54, 1.807) is 14.2 Å². The molecule has 0 saturated heterocycles. The van der Waals surface area contributed by atoms with Crippen molar-refractivity contribution in [2.24, 2.45) is 0 Å². The summed E-state index contributed by atoms with van der Waals surface area (Å²) in [7, 11) is 3.32. The number of aromatic nitrogens is 2. The van der Waals surface area contributed by atoms with Crippen LogP contribution in [0.2, 0.25) is 0 Å². The second-order valence-corrected chi connectivity index (χ2v) is 20.1. The van der Waals surface area contributed by atoms with Crippen molar-refractivity contribution in [3.8, 4) is 67.4 Å². The number of hydrogen-bond donors (Lipinski definition) is 0. The van der Waals surface area contributed by atoms with Gasteiger partial charge in [0.25, 0.3) is 0 Å². The van der Waals surface area contributed by atoms with Gasteiger partial charge >= 0.3 is 0 Å². The molecule has 82 heavy (non-hydrogen) atoms. The van der Waals surface area contributed by atoms with Gasteiger partial charge < -0.3 is 18.6 Å². The van der Waals surface area contributed by atoms with E-state index in [9.17, 15) is 9.59 Å². The lowest BCUT2D eigenvalue weighted by atomic mass is 9.87. The Bertz CT molecular complexity index is 4310. The molecule has 2 aromatic heterocycles. The van der Waals surface area contributed by atoms with Crippen LogP contribution >= 0.6 is 0 Å². The van der Waals surface area contributed by atoms with Crippen LogP contribution in [-0.4, -0.2) is 34.9 Å². The maximum absolute atomic E-state index is 14.2. The van der Waals surface area contributed by atoms with Gasteiger partial charge in [0.2, 0.25) is 11.6 Å². The van der Waals surface area contributed by atoms with Gasteiger partial charge in [-0.15, -0.1) is 0 Å². The van der Waals surface area contributed by atoms with E-state index in [0.717, 1.165) is 111 Å². The Morgan fingerprint density at radius 2 is 0.537 bits per heavy atom. The molecule has 0 aliphatic carbocycles. The Kier molecular flexibility index (Phi) is 13.7. The first-order chi connectivity index (χ1) is 40.5. The zero-order valence-corrected chi connectivity index (χ0v) is 45.2. The first-order valence-electron chi connectivity index (χ1n) is 27.4. The molecule has 0 atom stereocenters. The quantitative estimate of drug-likeness (QED) is 0.114. The average molecular weight is 1060 g/mol. The summed E-state index contributed by atoms with van der Waals surface area (Å²) in [5, 5.41) is 6.51. The number of ether oxygens (including phenoxy) is 2. The Hall–Kier alpha value is -10.8. The summed E-state index contributed by atoms with van der Waals surface area (Å²) in [4.78, 5) is 28.5. The number of methoxy groups -OCH3 is 2. The lowest BCUT2D eigenvalue weighted by molar-refractivity contribution is 0.102. The van der Waals surface area contributed by atoms with Crippen LogP contribution in [0.4, 0.5) is 0 Å². The summed E-state index contributed by atoms with van der Waals surface area (Å²) >= 11 is 0. The van der Waals surface area contributed by atoms with Gasteiger partial charge in [-0.3, -0.25) is 9.59 Å². The molecular formula is C76H54N2O4. The van der Waals surface area contributed by atoms with Crippen LogP contribution < -0.4 is 9.47 Å². The zero-order chi connectivity index (χ0) is 55.5. The molecule has 0 spiro atoms. The van der Waals surface area contributed by atoms with Crippen molar-refractivity contribution in [1.82, 2.24) is 9.13 Å². The Morgan fingerprint density at radius 3 is 0.829 bits per heavy atom. The van der Waals surface area contributed by atoms with Crippen LogP contribution in [0.1, 0.15) is 32.1 Å². The van der Waals surface area contributed by atoms with Crippen LogP contribution in [0.25, 0.3) is 99.2 Å². The van der Waals surface area contributed by atoms with Gasteiger partial charge in [-0.1, -0.05) is 231 Å². The van der Waals surface area contributed by atoms with E-state index in [1.807, 2.05) is 133 Å². The van der Waals surface area contributed by atoms with Crippen molar-refractivity contribution < 1.29 is 19.1 Å². The molecule has 0 unspecified atom stereocenters. The van der Waals surface area contributed by atoms with Gasteiger partial charge in [-0.25, -0.2) is 0 Å². The monoisotopic (exact) mass is 1060 g/mol. The highest BCUT2D eigenvalue weighted by Crippen LogP contribution is 2.48. The number of hydrogen-bond acceptors (Lipinski definition) is 4. The molecule has 6 heteroatoms. The second-order valence-electron chi connectivity index (χ2n) is 20.1. The molecule has 14 rings (SSSR count). The molecule has 0 N–H and O–H groups in total. The number of rotatable bonds is 12. The fraction of sp³-hybridized carbons (Fsp3) is 0.0263. The number of nitrogens with zero attached hydrogens (tertiary/aromatic N) is 2. The number of benzene rings is 12. The molecule has 0 fully saturated rings. The Morgan fingerprint density at radius 1 is 0.280 bits per heavy atom. The Labute approximate surface area is 476 Å². The summed E-state index contributed by atoms with van der Waals surface area (Å²) < 4.78 is 15.2. The number of ketones is 2. The summed E-state index contributed by atoms with van der Waals surface area (Å²) in [5.74, 6) is 1.48. The number of fused-ring (bicyclic) bond motifs is 6. The predicted molar refractivity (Wildman–Crippen MR) is 336 cm³/mol. The molecule has 0 amide bonds. The minimum Gasteiger partial charge on any atom is -0.497 e. The minimum atomic E-state index is -0.0260. The van der Waals surface area contributed by atoms with Crippen molar-refractivity contribution in [1.29, 1.82) is 0 Å². The molecule has 0 saturated carbocycles. The molecule has 2 heterocycles. The molecule has 0 aliphatic rings. The van der Waals surface area contributed by atoms with Crippen molar-refractivity contribution in [2.75, 3.05) is 14.2 Å². The van der Waals surface area contributed by atoms with E-state index in [2.05, 4.69) is 167 Å². The van der Waals surface area contributed by atoms with Crippen LogP contribution in [0, 0.1) is 0 Å². The van der Waals surface area contributed by atoms with E-state index < -0.39 is 0 Å².